The first-order valence-electron chi connectivity index (χ1n) is 5.54. The van der Waals surface area contributed by atoms with Crippen LogP contribution in [-0.2, 0) is 6.54 Å². The maximum atomic E-state index is 12.8. The fourth-order valence-electron chi connectivity index (χ4n) is 1.61. The van der Waals surface area contributed by atoms with Gasteiger partial charge in [0.15, 0.2) is 0 Å². The molecule has 0 saturated carbocycles. The van der Waals surface area contributed by atoms with Crippen LogP contribution in [0.5, 0.6) is 5.75 Å². The summed E-state index contributed by atoms with van der Waals surface area (Å²) in [5.41, 5.74) is 0.0731. The number of rotatable bonds is 4. The van der Waals surface area contributed by atoms with E-state index in [-0.39, 0.29) is 11.3 Å². The number of nitrogens with one attached hydrogen (secondary N) is 1. The van der Waals surface area contributed by atoms with Crippen molar-refractivity contribution >= 4 is 5.91 Å². The summed E-state index contributed by atoms with van der Waals surface area (Å²) in [4.78, 5) is 11.7. The summed E-state index contributed by atoms with van der Waals surface area (Å²) < 4.78 is 14.7. The SMILES string of the molecule is O=C(NCCn1cccc1)c1ccc(F)cc1O. The largest absolute Gasteiger partial charge is 0.507 e. The molecule has 0 saturated heterocycles. The van der Waals surface area contributed by atoms with Crippen LogP contribution >= 0.6 is 0 Å². The normalized spacial score (nSPS) is 10.3. The Hall–Kier alpha value is -2.30. The summed E-state index contributed by atoms with van der Waals surface area (Å²) in [5.74, 6) is -1.34. The molecule has 1 amide bonds. The highest BCUT2D eigenvalue weighted by atomic mass is 19.1. The molecule has 0 radical (unpaired) electrons. The number of aromatic hydroxyl groups is 1. The second kappa shape index (κ2) is 5.35. The van der Waals surface area contributed by atoms with Crippen molar-refractivity contribution in [1.82, 2.24) is 9.88 Å². The van der Waals surface area contributed by atoms with Gasteiger partial charge in [0.1, 0.15) is 11.6 Å². The van der Waals surface area contributed by atoms with Crippen LogP contribution in [0.4, 0.5) is 4.39 Å². The highest BCUT2D eigenvalue weighted by molar-refractivity contribution is 5.96. The van der Waals surface area contributed by atoms with Gasteiger partial charge >= 0.3 is 0 Å². The molecule has 0 atom stereocenters. The summed E-state index contributed by atoms with van der Waals surface area (Å²) in [5, 5.41) is 12.1. The van der Waals surface area contributed by atoms with Crippen molar-refractivity contribution in [3.8, 4) is 5.75 Å². The Morgan fingerprint density at radius 1 is 1.33 bits per heavy atom. The van der Waals surface area contributed by atoms with Gasteiger partial charge in [-0.25, -0.2) is 4.39 Å². The molecular weight excluding hydrogens is 235 g/mol. The van der Waals surface area contributed by atoms with E-state index in [1.54, 1.807) is 0 Å². The van der Waals surface area contributed by atoms with Gasteiger partial charge in [0.2, 0.25) is 0 Å². The Labute approximate surface area is 104 Å². The summed E-state index contributed by atoms with van der Waals surface area (Å²) in [7, 11) is 0. The molecule has 0 unspecified atom stereocenters. The first-order valence-corrected chi connectivity index (χ1v) is 5.54. The maximum absolute atomic E-state index is 12.8. The average molecular weight is 248 g/mol. The zero-order chi connectivity index (χ0) is 13.0. The van der Waals surface area contributed by atoms with Crippen molar-refractivity contribution in [1.29, 1.82) is 0 Å². The Morgan fingerprint density at radius 2 is 2.06 bits per heavy atom. The van der Waals surface area contributed by atoms with Crippen LogP contribution in [0.2, 0.25) is 0 Å². The second-order valence-electron chi connectivity index (χ2n) is 3.84. The van der Waals surface area contributed by atoms with Crippen molar-refractivity contribution in [3.63, 3.8) is 0 Å². The first kappa shape index (κ1) is 12.2. The molecule has 0 spiro atoms. The molecule has 1 aromatic carbocycles. The highest BCUT2D eigenvalue weighted by Gasteiger charge is 2.10. The van der Waals surface area contributed by atoms with Gasteiger partial charge < -0.3 is 15.0 Å². The predicted octanol–water partition coefficient (Wildman–Crippen LogP) is 1.76. The molecule has 0 fully saturated rings. The number of benzene rings is 1. The van der Waals surface area contributed by atoms with Crippen molar-refractivity contribution in [2.24, 2.45) is 0 Å². The van der Waals surface area contributed by atoms with Gasteiger partial charge in [0, 0.05) is 31.5 Å². The molecule has 5 heteroatoms. The van der Waals surface area contributed by atoms with E-state index >= 15 is 0 Å². The number of hydrogen-bond acceptors (Lipinski definition) is 2. The lowest BCUT2D eigenvalue weighted by atomic mass is 10.2. The maximum Gasteiger partial charge on any atom is 0.255 e. The van der Waals surface area contributed by atoms with Gasteiger partial charge in [0.05, 0.1) is 5.56 Å². The van der Waals surface area contributed by atoms with E-state index in [9.17, 15) is 14.3 Å². The molecule has 0 aliphatic heterocycles. The lowest BCUT2D eigenvalue weighted by molar-refractivity contribution is 0.0949. The molecule has 0 aliphatic rings. The van der Waals surface area contributed by atoms with E-state index in [1.807, 2.05) is 29.1 Å². The van der Waals surface area contributed by atoms with Gasteiger partial charge in [-0.05, 0) is 24.3 Å². The number of aromatic nitrogens is 1. The molecule has 4 nitrogen and oxygen atoms in total. The standard InChI is InChI=1S/C13H13FN2O2/c14-10-3-4-11(12(17)9-10)13(18)15-5-8-16-6-1-2-7-16/h1-4,6-7,9,17H,5,8H2,(H,15,18). The molecule has 1 heterocycles. The van der Waals surface area contributed by atoms with Gasteiger partial charge in [-0.2, -0.15) is 0 Å². The third kappa shape index (κ3) is 2.88. The van der Waals surface area contributed by atoms with E-state index in [2.05, 4.69) is 5.32 Å². The number of phenols is 1. The fraction of sp³-hybridized carbons (Fsp3) is 0.154. The summed E-state index contributed by atoms with van der Waals surface area (Å²) >= 11 is 0. The Bertz CT molecular complexity index is 538. The molecule has 2 aromatic rings. The highest BCUT2D eigenvalue weighted by Crippen LogP contribution is 2.17. The number of amides is 1. The molecule has 0 aliphatic carbocycles. The Morgan fingerprint density at radius 3 is 2.72 bits per heavy atom. The molecule has 2 N–H and O–H groups in total. The van der Waals surface area contributed by atoms with Crippen LogP contribution in [0.1, 0.15) is 10.4 Å². The van der Waals surface area contributed by atoms with Crippen LogP contribution in [0.15, 0.2) is 42.7 Å². The number of phenolic OH excluding ortho intramolecular Hbond substituents is 1. The van der Waals surface area contributed by atoms with E-state index in [1.165, 1.54) is 6.07 Å². The number of carbonyl (C=O) groups is 1. The Balaban J connectivity index is 1.91. The van der Waals surface area contributed by atoms with Crippen LogP contribution in [0.3, 0.4) is 0 Å². The molecule has 2 rings (SSSR count). The number of halogens is 1. The Kier molecular flexibility index (Phi) is 3.62. The van der Waals surface area contributed by atoms with Crippen molar-refractivity contribution in [2.75, 3.05) is 6.54 Å². The summed E-state index contributed by atoms with van der Waals surface area (Å²) in [6, 6.07) is 7.11. The molecular formula is C13H13FN2O2. The van der Waals surface area contributed by atoms with Crippen LogP contribution in [0, 0.1) is 5.82 Å². The van der Waals surface area contributed by atoms with E-state index in [0.717, 1.165) is 12.1 Å². The summed E-state index contributed by atoms with van der Waals surface area (Å²) in [6.45, 7) is 1.07. The van der Waals surface area contributed by atoms with Crippen molar-refractivity contribution in [2.45, 2.75) is 6.54 Å². The zero-order valence-corrected chi connectivity index (χ0v) is 9.64. The lowest BCUT2D eigenvalue weighted by Crippen LogP contribution is -2.27. The third-order valence-electron chi connectivity index (χ3n) is 2.53. The average Bonchev–Trinajstić information content (AvgIpc) is 2.81. The van der Waals surface area contributed by atoms with Gasteiger partial charge in [-0.3, -0.25) is 4.79 Å². The van der Waals surface area contributed by atoms with Crippen LogP contribution in [0.25, 0.3) is 0 Å². The van der Waals surface area contributed by atoms with Gasteiger partial charge in [0.25, 0.3) is 5.91 Å². The van der Waals surface area contributed by atoms with Gasteiger partial charge in [-0.15, -0.1) is 0 Å². The smallest absolute Gasteiger partial charge is 0.255 e. The topological polar surface area (TPSA) is 54.3 Å². The lowest BCUT2D eigenvalue weighted by Gasteiger charge is -2.07. The van der Waals surface area contributed by atoms with Crippen molar-refractivity contribution < 1.29 is 14.3 Å². The predicted molar refractivity (Wildman–Crippen MR) is 64.8 cm³/mol. The molecule has 94 valence electrons. The molecule has 0 bridgehead atoms. The van der Waals surface area contributed by atoms with Crippen LogP contribution in [-0.4, -0.2) is 22.1 Å². The molecule has 1 aromatic heterocycles. The minimum Gasteiger partial charge on any atom is -0.507 e. The van der Waals surface area contributed by atoms with E-state index in [0.29, 0.717) is 13.1 Å². The fourth-order valence-corrected chi connectivity index (χ4v) is 1.61. The minimum absolute atomic E-state index is 0.0731. The van der Waals surface area contributed by atoms with Crippen LogP contribution < -0.4 is 5.32 Å². The second-order valence-corrected chi connectivity index (χ2v) is 3.84. The summed E-state index contributed by atoms with van der Waals surface area (Å²) in [6.07, 6.45) is 3.78. The minimum atomic E-state index is -0.573. The van der Waals surface area contributed by atoms with E-state index < -0.39 is 11.7 Å². The zero-order valence-electron chi connectivity index (χ0n) is 9.64. The quantitative estimate of drug-likeness (QED) is 0.866. The number of hydrogen-bond donors (Lipinski definition) is 2. The number of carbonyl (C=O) groups excluding carboxylic acids is 1. The number of nitrogens with zero attached hydrogens (tertiary/aromatic N) is 1. The van der Waals surface area contributed by atoms with E-state index in [4.69, 9.17) is 0 Å². The monoisotopic (exact) mass is 248 g/mol. The van der Waals surface area contributed by atoms with Crippen molar-refractivity contribution in [3.05, 3.63) is 54.1 Å². The van der Waals surface area contributed by atoms with Gasteiger partial charge in [-0.1, -0.05) is 0 Å². The first-order chi connectivity index (χ1) is 8.66. The third-order valence-corrected chi connectivity index (χ3v) is 2.53. The molecule has 18 heavy (non-hydrogen) atoms.